The molecule has 0 radical (unpaired) electrons. The number of hydrogen-bond donors (Lipinski definition) is 0. The van der Waals surface area contributed by atoms with E-state index in [1.165, 1.54) is 12.8 Å². The van der Waals surface area contributed by atoms with Crippen molar-refractivity contribution in [2.75, 3.05) is 7.11 Å². The summed E-state index contributed by atoms with van der Waals surface area (Å²) in [5, 5.41) is 0. The van der Waals surface area contributed by atoms with Crippen molar-refractivity contribution in [3.8, 4) is 5.75 Å². The van der Waals surface area contributed by atoms with Crippen molar-refractivity contribution in [3.63, 3.8) is 0 Å². The van der Waals surface area contributed by atoms with Gasteiger partial charge in [0.1, 0.15) is 5.75 Å². The molecule has 2 atom stereocenters. The van der Waals surface area contributed by atoms with Gasteiger partial charge in [0.25, 0.3) is 0 Å². The summed E-state index contributed by atoms with van der Waals surface area (Å²) in [5.41, 5.74) is 1.87. The summed E-state index contributed by atoms with van der Waals surface area (Å²) in [6.07, 6.45) is 3.37. The standard InChI is InChI=1S/C15H20O2/c1-10-7-8-14(17-3)13(9-10)15(16)12-6-4-5-11(12)2/h7-9,11-12H,4-6H2,1-3H3. The van der Waals surface area contributed by atoms with E-state index in [0.29, 0.717) is 11.7 Å². The largest absolute Gasteiger partial charge is 0.496 e. The lowest BCUT2D eigenvalue weighted by Gasteiger charge is -2.16. The number of hydrogen-bond acceptors (Lipinski definition) is 2. The minimum Gasteiger partial charge on any atom is -0.496 e. The second-order valence-electron chi connectivity index (χ2n) is 5.08. The number of aryl methyl sites for hydroxylation is 1. The number of ether oxygens (including phenoxy) is 1. The van der Waals surface area contributed by atoms with Crippen molar-refractivity contribution in [2.24, 2.45) is 11.8 Å². The van der Waals surface area contributed by atoms with Gasteiger partial charge in [-0.2, -0.15) is 0 Å². The van der Waals surface area contributed by atoms with E-state index >= 15 is 0 Å². The fourth-order valence-electron chi connectivity index (χ4n) is 2.75. The van der Waals surface area contributed by atoms with E-state index in [1.54, 1.807) is 7.11 Å². The van der Waals surface area contributed by atoms with Crippen LogP contribution in [0, 0.1) is 18.8 Å². The Labute approximate surface area is 103 Å². The van der Waals surface area contributed by atoms with E-state index in [9.17, 15) is 4.79 Å². The van der Waals surface area contributed by atoms with E-state index in [0.717, 1.165) is 17.5 Å². The molecule has 1 aliphatic carbocycles. The van der Waals surface area contributed by atoms with Gasteiger partial charge in [0.05, 0.1) is 12.7 Å². The van der Waals surface area contributed by atoms with E-state index in [-0.39, 0.29) is 11.7 Å². The lowest BCUT2D eigenvalue weighted by Crippen LogP contribution is -2.18. The lowest BCUT2D eigenvalue weighted by atomic mass is 9.89. The molecule has 1 aromatic carbocycles. The topological polar surface area (TPSA) is 26.3 Å². The molecule has 2 nitrogen and oxygen atoms in total. The first-order chi connectivity index (χ1) is 8.13. The molecule has 0 aliphatic heterocycles. The predicted octanol–water partition coefficient (Wildman–Crippen LogP) is 3.62. The van der Waals surface area contributed by atoms with Gasteiger partial charge in [-0.25, -0.2) is 0 Å². The third-order valence-corrected chi connectivity index (χ3v) is 3.82. The Kier molecular flexibility index (Phi) is 3.51. The zero-order valence-electron chi connectivity index (χ0n) is 10.8. The van der Waals surface area contributed by atoms with Crippen LogP contribution in [0.2, 0.25) is 0 Å². The molecule has 1 saturated carbocycles. The number of ketones is 1. The molecule has 0 spiro atoms. The summed E-state index contributed by atoms with van der Waals surface area (Å²) in [5.74, 6) is 1.66. The highest BCUT2D eigenvalue weighted by Crippen LogP contribution is 2.35. The zero-order valence-corrected chi connectivity index (χ0v) is 10.8. The van der Waals surface area contributed by atoms with Crippen LogP contribution in [0.25, 0.3) is 0 Å². The van der Waals surface area contributed by atoms with Crippen molar-refractivity contribution < 1.29 is 9.53 Å². The van der Waals surface area contributed by atoms with E-state index in [1.807, 2.05) is 25.1 Å². The number of carbonyl (C=O) groups excluding carboxylic acids is 1. The maximum absolute atomic E-state index is 12.5. The smallest absolute Gasteiger partial charge is 0.169 e. The van der Waals surface area contributed by atoms with Crippen LogP contribution in [0.5, 0.6) is 5.75 Å². The Bertz CT molecular complexity index is 423. The van der Waals surface area contributed by atoms with Crippen molar-refractivity contribution in [3.05, 3.63) is 29.3 Å². The lowest BCUT2D eigenvalue weighted by molar-refractivity contribution is 0.0894. The average molecular weight is 232 g/mol. The van der Waals surface area contributed by atoms with E-state index in [4.69, 9.17) is 4.74 Å². The maximum Gasteiger partial charge on any atom is 0.169 e. The Hall–Kier alpha value is -1.31. The molecule has 0 aromatic heterocycles. The van der Waals surface area contributed by atoms with Crippen LogP contribution in [-0.2, 0) is 0 Å². The molecule has 2 heteroatoms. The molecule has 2 rings (SSSR count). The third-order valence-electron chi connectivity index (χ3n) is 3.82. The van der Waals surface area contributed by atoms with Crippen molar-refractivity contribution in [2.45, 2.75) is 33.1 Å². The first-order valence-corrected chi connectivity index (χ1v) is 6.32. The molecule has 1 aromatic rings. The molecule has 0 bridgehead atoms. The minimum atomic E-state index is 0.186. The summed E-state index contributed by atoms with van der Waals surface area (Å²) < 4.78 is 5.30. The fraction of sp³-hybridized carbons (Fsp3) is 0.533. The second-order valence-corrected chi connectivity index (χ2v) is 5.08. The molecular weight excluding hydrogens is 212 g/mol. The molecule has 1 fully saturated rings. The van der Waals surface area contributed by atoms with Crippen molar-refractivity contribution >= 4 is 5.78 Å². The Morgan fingerprint density at radius 3 is 2.71 bits per heavy atom. The Morgan fingerprint density at radius 1 is 1.35 bits per heavy atom. The molecule has 0 N–H and O–H groups in total. The van der Waals surface area contributed by atoms with Crippen molar-refractivity contribution in [1.29, 1.82) is 0 Å². The van der Waals surface area contributed by atoms with E-state index in [2.05, 4.69) is 6.92 Å². The minimum absolute atomic E-state index is 0.186. The van der Waals surface area contributed by atoms with Gasteiger partial charge >= 0.3 is 0 Å². The zero-order chi connectivity index (χ0) is 12.4. The summed E-state index contributed by atoms with van der Waals surface area (Å²) in [6.45, 7) is 4.19. The number of carbonyl (C=O) groups is 1. The Morgan fingerprint density at radius 2 is 2.12 bits per heavy atom. The van der Waals surface area contributed by atoms with Crippen LogP contribution < -0.4 is 4.74 Å². The number of benzene rings is 1. The first-order valence-electron chi connectivity index (χ1n) is 6.32. The van der Waals surface area contributed by atoms with Crippen LogP contribution in [0.15, 0.2) is 18.2 Å². The quantitative estimate of drug-likeness (QED) is 0.744. The van der Waals surface area contributed by atoms with E-state index < -0.39 is 0 Å². The van der Waals surface area contributed by atoms with Gasteiger partial charge in [0.15, 0.2) is 5.78 Å². The van der Waals surface area contributed by atoms with Gasteiger partial charge in [0, 0.05) is 5.92 Å². The number of rotatable bonds is 3. The summed E-state index contributed by atoms with van der Waals surface area (Å²) in [7, 11) is 1.62. The van der Waals surface area contributed by atoms with Crippen LogP contribution >= 0.6 is 0 Å². The van der Waals surface area contributed by atoms with Gasteiger partial charge in [-0.1, -0.05) is 25.0 Å². The summed E-state index contributed by atoms with van der Waals surface area (Å²) >= 11 is 0. The first kappa shape index (κ1) is 12.2. The average Bonchev–Trinajstić information content (AvgIpc) is 2.74. The van der Waals surface area contributed by atoms with Gasteiger partial charge in [0.2, 0.25) is 0 Å². The Balaban J connectivity index is 2.32. The number of methoxy groups -OCH3 is 1. The predicted molar refractivity (Wildman–Crippen MR) is 68.6 cm³/mol. The highest BCUT2D eigenvalue weighted by Gasteiger charge is 2.31. The molecular formula is C15H20O2. The summed E-state index contributed by atoms with van der Waals surface area (Å²) in [6, 6.07) is 5.82. The van der Waals surface area contributed by atoms with Crippen LogP contribution in [0.3, 0.4) is 0 Å². The van der Waals surface area contributed by atoms with Gasteiger partial charge < -0.3 is 4.74 Å². The molecule has 1 aliphatic rings. The second kappa shape index (κ2) is 4.91. The highest BCUT2D eigenvalue weighted by molar-refractivity contribution is 6.00. The van der Waals surface area contributed by atoms with Gasteiger partial charge in [-0.15, -0.1) is 0 Å². The fourth-order valence-corrected chi connectivity index (χ4v) is 2.75. The SMILES string of the molecule is COc1ccc(C)cc1C(=O)C1CCCC1C. The van der Waals surface area contributed by atoms with Gasteiger partial charge in [-0.3, -0.25) is 4.79 Å². The van der Waals surface area contributed by atoms with Crippen LogP contribution in [0.4, 0.5) is 0 Å². The third kappa shape index (κ3) is 2.36. The molecule has 92 valence electrons. The molecule has 0 heterocycles. The van der Waals surface area contributed by atoms with Gasteiger partial charge in [-0.05, 0) is 37.8 Å². The highest BCUT2D eigenvalue weighted by atomic mass is 16.5. The van der Waals surface area contributed by atoms with Crippen molar-refractivity contribution in [1.82, 2.24) is 0 Å². The monoisotopic (exact) mass is 232 g/mol. The molecule has 2 unspecified atom stereocenters. The molecule has 0 saturated heterocycles. The van der Waals surface area contributed by atoms with Crippen LogP contribution in [0.1, 0.15) is 42.1 Å². The maximum atomic E-state index is 12.5. The summed E-state index contributed by atoms with van der Waals surface area (Å²) in [4.78, 5) is 12.5. The number of Topliss-reactive ketones (excluding diaryl/α,β-unsaturated/α-hetero) is 1. The normalized spacial score (nSPS) is 23.7. The molecule has 0 amide bonds. The molecule has 17 heavy (non-hydrogen) atoms. The van der Waals surface area contributed by atoms with Crippen LogP contribution in [-0.4, -0.2) is 12.9 Å².